The Morgan fingerprint density at radius 2 is 1.45 bits per heavy atom. The maximum absolute atomic E-state index is 14.2. The Morgan fingerprint density at radius 1 is 0.795 bits per heavy atom. The van der Waals surface area contributed by atoms with Gasteiger partial charge in [-0.2, -0.15) is 0 Å². The highest BCUT2D eigenvalue weighted by Crippen LogP contribution is 2.29. The van der Waals surface area contributed by atoms with Gasteiger partial charge in [0.1, 0.15) is 24.1 Å². The van der Waals surface area contributed by atoms with Crippen molar-refractivity contribution in [1.82, 2.24) is 10.2 Å². The van der Waals surface area contributed by atoms with E-state index in [2.05, 4.69) is 5.32 Å². The highest BCUT2D eigenvalue weighted by atomic mass is 32.2. The predicted octanol–water partition coefficient (Wildman–Crippen LogP) is 6.23. The molecule has 1 atom stereocenters. The summed E-state index contributed by atoms with van der Waals surface area (Å²) in [5.41, 5.74) is 3.06. The van der Waals surface area contributed by atoms with E-state index in [0.717, 1.165) is 21.0 Å². The van der Waals surface area contributed by atoms with Gasteiger partial charge in [-0.05, 0) is 81.3 Å². The van der Waals surface area contributed by atoms with Crippen LogP contribution in [0.5, 0.6) is 11.5 Å². The monoisotopic (exact) mass is 613 g/mol. The summed E-state index contributed by atoms with van der Waals surface area (Å²) >= 11 is 0. The van der Waals surface area contributed by atoms with Crippen LogP contribution in [-0.2, 0) is 26.2 Å². The molecule has 0 aliphatic carbocycles. The van der Waals surface area contributed by atoms with Crippen molar-refractivity contribution in [2.75, 3.05) is 17.4 Å². The molecule has 0 aliphatic rings. The number of aryl methyl sites for hydroxylation is 2. The molecule has 0 radical (unpaired) electrons. The van der Waals surface area contributed by atoms with E-state index in [-0.39, 0.29) is 17.3 Å². The van der Waals surface area contributed by atoms with E-state index in [1.807, 2.05) is 82.3 Å². The average molecular weight is 614 g/mol. The molecule has 4 aromatic carbocycles. The number of sulfonamides is 1. The lowest BCUT2D eigenvalue weighted by Crippen LogP contribution is -2.52. The molecular formula is C35H39N3O5S. The second kappa shape index (κ2) is 14.7. The molecule has 4 rings (SSSR count). The minimum atomic E-state index is -4.17. The van der Waals surface area contributed by atoms with Crippen LogP contribution in [0.1, 0.15) is 37.0 Å². The highest BCUT2D eigenvalue weighted by molar-refractivity contribution is 7.92. The van der Waals surface area contributed by atoms with E-state index in [0.29, 0.717) is 30.2 Å². The molecule has 0 spiro atoms. The largest absolute Gasteiger partial charge is 0.457 e. The number of likely N-dealkylation sites (N-methyl/N-ethyl adjacent to an activating group) is 1. The number of hydrogen-bond donors (Lipinski definition) is 1. The number of para-hydroxylation sites is 1. The summed E-state index contributed by atoms with van der Waals surface area (Å²) in [6.45, 7) is 7.54. The number of rotatable bonds is 13. The van der Waals surface area contributed by atoms with Gasteiger partial charge in [0, 0.05) is 13.1 Å². The fourth-order valence-corrected chi connectivity index (χ4v) is 6.30. The third kappa shape index (κ3) is 8.05. The Hall–Kier alpha value is -4.63. The molecule has 4 aromatic rings. The van der Waals surface area contributed by atoms with Gasteiger partial charge < -0.3 is 15.0 Å². The molecule has 44 heavy (non-hydrogen) atoms. The zero-order valence-corrected chi connectivity index (χ0v) is 26.4. The van der Waals surface area contributed by atoms with Crippen molar-refractivity contribution in [3.8, 4) is 11.5 Å². The smallest absolute Gasteiger partial charge is 0.264 e. The average Bonchev–Trinajstić information content (AvgIpc) is 3.01. The van der Waals surface area contributed by atoms with Crippen molar-refractivity contribution < 1.29 is 22.7 Å². The Bertz CT molecular complexity index is 1660. The Balaban J connectivity index is 1.72. The molecule has 0 fully saturated rings. The molecular weight excluding hydrogens is 574 g/mol. The van der Waals surface area contributed by atoms with Crippen LogP contribution in [0.15, 0.2) is 108 Å². The summed E-state index contributed by atoms with van der Waals surface area (Å²) in [7, 11) is -4.17. The molecule has 2 amide bonds. The van der Waals surface area contributed by atoms with Gasteiger partial charge in [0.2, 0.25) is 11.8 Å². The molecule has 0 unspecified atom stereocenters. The number of carbonyl (C=O) groups excluding carboxylic acids is 2. The maximum atomic E-state index is 14.2. The number of nitrogens with one attached hydrogen (secondary N) is 1. The van der Waals surface area contributed by atoms with Crippen LogP contribution < -0.4 is 14.4 Å². The summed E-state index contributed by atoms with van der Waals surface area (Å²) < 4.78 is 35.2. The molecule has 230 valence electrons. The molecule has 8 nitrogen and oxygen atoms in total. The fourth-order valence-electron chi connectivity index (χ4n) is 4.89. The van der Waals surface area contributed by atoms with Crippen LogP contribution in [0.2, 0.25) is 0 Å². The van der Waals surface area contributed by atoms with Gasteiger partial charge in [0.05, 0.1) is 10.6 Å². The Kier molecular flexibility index (Phi) is 10.8. The first-order valence-corrected chi connectivity index (χ1v) is 16.1. The molecule has 0 bridgehead atoms. The third-order valence-electron chi connectivity index (χ3n) is 7.16. The number of nitrogens with zero attached hydrogens (tertiary/aromatic N) is 2. The molecule has 0 heterocycles. The fraction of sp³-hybridized carbons (Fsp3) is 0.257. The summed E-state index contributed by atoms with van der Waals surface area (Å²) in [4.78, 5) is 28.8. The predicted molar refractivity (Wildman–Crippen MR) is 173 cm³/mol. The minimum Gasteiger partial charge on any atom is -0.457 e. The van der Waals surface area contributed by atoms with E-state index in [9.17, 15) is 18.0 Å². The lowest BCUT2D eigenvalue weighted by atomic mass is 10.1. The topological polar surface area (TPSA) is 96.0 Å². The van der Waals surface area contributed by atoms with Crippen LogP contribution in [0.4, 0.5) is 5.69 Å². The third-order valence-corrected chi connectivity index (χ3v) is 8.95. The molecule has 0 saturated heterocycles. The Labute approximate surface area is 260 Å². The van der Waals surface area contributed by atoms with Crippen LogP contribution in [-0.4, -0.2) is 44.3 Å². The van der Waals surface area contributed by atoms with Gasteiger partial charge in [0.25, 0.3) is 10.0 Å². The first kappa shape index (κ1) is 32.3. The van der Waals surface area contributed by atoms with Gasteiger partial charge in [-0.3, -0.25) is 13.9 Å². The van der Waals surface area contributed by atoms with E-state index in [1.165, 1.54) is 17.0 Å². The van der Waals surface area contributed by atoms with E-state index >= 15 is 0 Å². The van der Waals surface area contributed by atoms with Crippen molar-refractivity contribution in [1.29, 1.82) is 0 Å². The van der Waals surface area contributed by atoms with Crippen molar-refractivity contribution >= 4 is 27.5 Å². The second-order valence-corrected chi connectivity index (χ2v) is 12.4. The first-order chi connectivity index (χ1) is 21.1. The second-order valence-electron chi connectivity index (χ2n) is 10.6. The van der Waals surface area contributed by atoms with Crippen molar-refractivity contribution in [3.63, 3.8) is 0 Å². The molecule has 0 aromatic heterocycles. The minimum absolute atomic E-state index is 0.0570. The van der Waals surface area contributed by atoms with Gasteiger partial charge >= 0.3 is 0 Å². The Morgan fingerprint density at radius 3 is 2.07 bits per heavy atom. The lowest BCUT2D eigenvalue weighted by molar-refractivity contribution is -0.140. The van der Waals surface area contributed by atoms with E-state index in [4.69, 9.17) is 4.74 Å². The van der Waals surface area contributed by atoms with Crippen molar-refractivity contribution in [3.05, 3.63) is 120 Å². The van der Waals surface area contributed by atoms with Gasteiger partial charge in [-0.15, -0.1) is 0 Å². The number of anilines is 1. The zero-order chi connectivity index (χ0) is 31.7. The van der Waals surface area contributed by atoms with Crippen LogP contribution >= 0.6 is 0 Å². The first-order valence-electron chi connectivity index (χ1n) is 14.7. The van der Waals surface area contributed by atoms with Crippen LogP contribution in [0.25, 0.3) is 0 Å². The van der Waals surface area contributed by atoms with Crippen LogP contribution in [0, 0.1) is 13.8 Å². The number of hydrogen-bond acceptors (Lipinski definition) is 5. The molecule has 1 N–H and O–H groups in total. The quantitative estimate of drug-likeness (QED) is 0.193. The lowest BCUT2D eigenvalue weighted by Gasteiger charge is -2.33. The number of ether oxygens (including phenoxy) is 1. The SMILES string of the molecule is CCNC(=O)[C@H](CC)N(Cc1cccc(C)c1)C(=O)CN(c1ccc(Oc2ccccc2)cc1)S(=O)(=O)c1ccc(C)cc1. The summed E-state index contributed by atoms with van der Waals surface area (Å²) in [5.74, 6) is 0.376. The summed E-state index contributed by atoms with van der Waals surface area (Å²) in [5, 5.41) is 2.82. The number of amides is 2. The van der Waals surface area contributed by atoms with Crippen molar-refractivity contribution in [2.24, 2.45) is 0 Å². The number of carbonyl (C=O) groups is 2. The standard InChI is InChI=1S/C35H39N3O5S/c1-5-33(35(40)36-6-2)37(24-28-12-10-11-27(4)23-28)34(39)25-38(44(41,42)32-21-15-26(3)16-22-32)29-17-19-31(20-18-29)43-30-13-8-7-9-14-30/h7-23,33H,5-6,24-25H2,1-4H3,(H,36,40)/t33-/m0/s1. The molecule has 0 saturated carbocycles. The maximum Gasteiger partial charge on any atom is 0.264 e. The van der Waals surface area contributed by atoms with Crippen LogP contribution in [0.3, 0.4) is 0 Å². The number of benzene rings is 4. The van der Waals surface area contributed by atoms with Gasteiger partial charge in [-0.1, -0.05) is 72.6 Å². The van der Waals surface area contributed by atoms with E-state index < -0.39 is 28.5 Å². The normalized spacial score (nSPS) is 11.8. The summed E-state index contributed by atoms with van der Waals surface area (Å²) in [6.07, 6.45) is 0.361. The van der Waals surface area contributed by atoms with E-state index in [1.54, 1.807) is 36.4 Å². The molecule has 0 aliphatic heterocycles. The highest BCUT2D eigenvalue weighted by Gasteiger charge is 2.33. The van der Waals surface area contributed by atoms with Gasteiger partial charge in [-0.25, -0.2) is 8.42 Å². The van der Waals surface area contributed by atoms with Gasteiger partial charge in [0.15, 0.2) is 0 Å². The van der Waals surface area contributed by atoms with Crippen molar-refractivity contribution in [2.45, 2.75) is 51.6 Å². The summed E-state index contributed by atoms with van der Waals surface area (Å²) in [6, 6.07) is 29.2. The zero-order valence-electron chi connectivity index (χ0n) is 25.6. The molecule has 9 heteroatoms.